The van der Waals surface area contributed by atoms with Gasteiger partial charge in [-0.1, -0.05) is 13.0 Å². The highest BCUT2D eigenvalue weighted by Crippen LogP contribution is 2.23. The second-order valence-corrected chi connectivity index (χ2v) is 7.10. The molecule has 0 spiro atoms. The number of rotatable bonds is 3. The van der Waals surface area contributed by atoms with Crippen molar-refractivity contribution in [2.75, 3.05) is 6.54 Å². The standard InChI is InChI=1S/C14H18N2O4S/c1-4-12-14(18)15-13(17)8-16(12)21(19,20)11-6-9(2)5-10(3)7-11/h5-7,12H,4,8H2,1-3H3,(H,15,17,18). The minimum atomic E-state index is -3.88. The first kappa shape index (κ1) is 15.7. The van der Waals surface area contributed by atoms with Gasteiger partial charge in [0.25, 0.3) is 0 Å². The zero-order chi connectivity index (χ0) is 15.8. The van der Waals surface area contributed by atoms with Crippen LogP contribution in [0.3, 0.4) is 0 Å². The van der Waals surface area contributed by atoms with Gasteiger partial charge in [-0.15, -0.1) is 0 Å². The quantitative estimate of drug-likeness (QED) is 0.834. The zero-order valence-corrected chi connectivity index (χ0v) is 13.0. The van der Waals surface area contributed by atoms with Crippen LogP contribution in [0.15, 0.2) is 23.1 Å². The van der Waals surface area contributed by atoms with Crippen LogP contribution in [0, 0.1) is 13.8 Å². The smallest absolute Gasteiger partial charge is 0.245 e. The average Bonchev–Trinajstić information content (AvgIpc) is 2.36. The molecule has 21 heavy (non-hydrogen) atoms. The van der Waals surface area contributed by atoms with Gasteiger partial charge in [-0.3, -0.25) is 14.9 Å². The van der Waals surface area contributed by atoms with E-state index in [0.717, 1.165) is 15.4 Å². The van der Waals surface area contributed by atoms with Crippen LogP contribution in [0.1, 0.15) is 24.5 Å². The Kier molecular flexibility index (Phi) is 4.15. The summed E-state index contributed by atoms with van der Waals surface area (Å²) in [6.07, 6.45) is 0.309. The fourth-order valence-electron chi connectivity index (χ4n) is 2.50. The van der Waals surface area contributed by atoms with Gasteiger partial charge in [0.1, 0.15) is 6.04 Å². The SMILES string of the molecule is CCC1C(=O)NC(=O)CN1S(=O)(=O)c1cc(C)cc(C)c1. The Hall–Kier alpha value is -1.73. The van der Waals surface area contributed by atoms with E-state index in [2.05, 4.69) is 5.32 Å². The minimum absolute atomic E-state index is 0.112. The van der Waals surface area contributed by atoms with Crippen LogP contribution in [0.2, 0.25) is 0 Å². The molecule has 1 fully saturated rings. The number of aryl methyl sites for hydroxylation is 2. The first-order chi connectivity index (χ1) is 9.75. The molecule has 0 aromatic heterocycles. The van der Waals surface area contributed by atoms with Crippen LogP contribution in [0.25, 0.3) is 0 Å². The van der Waals surface area contributed by atoms with Gasteiger partial charge >= 0.3 is 0 Å². The van der Waals surface area contributed by atoms with E-state index in [1.807, 2.05) is 6.07 Å². The Balaban J connectivity index is 2.50. The van der Waals surface area contributed by atoms with Gasteiger partial charge in [0, 0.05) is 0 Å². The Morgan fingerprint density at radius 2 is 1.76 bits per heavy atom. The summed E-state index contributed by atoms with van der Waals surface area (Å²) in [4.78, 5) is 23.5. The van der Waals surface area contributed by atoms with E-state index in [-0.39, 0.29) is 11.4 Å². The molecule has 0 saturated carbocycles. The third-order valence-corrected chi connectivity index (χ3v) is 5.23. The maximum Gasteiger partial charge on any atom is 0.245 e. The number of hydrogen-bond acceptors (Lipinski definition) is 4. The summed E-state index contributed by atoms with van der Waals surface area (Å²) < 4.78 is 26.5. The summed E-state index contributed by atoms with van der Waals surface area (Å²) in [5.41, 5.74) is 1.63. The van der Waals surface area contributed by atoms with Crippen molar-refractivity contribution in [2.24, 2.45) is 0 Å². The van der Waals surface area contributed by atoms with Crippen LogP contribution in [-0.2, 0) is 19.6 Å². The number of amides is 2. The highest BCUT2D eigenvalue weighted by atomic mass is 32.2. The average molecular weight is 310 g/mol. The first-order valence-electron chi connectivity index (χ1n) is 6.69. The van der Waals surface area contributed by atoms with Crippen molar-refractivity contribution in [1.29, 1.82) is 0 Å². The molecule has 7 heteroatoms. The number of benzene rings is 1. The Bertz CT molecular complexity index is 677. The third kappa shape index (κ3) is 2.98. The number of imide groups is 1. The summed E-state index contributed by atoms with van der Waals surface area (Å²) in [5, 5.41) is 2.17. The second-order valence-electron chi connectivity index (χ2n) is 5.21. The molecular formula is C14H18N2O4S. The van der Waals surface area contributed by atoms with E-state index in [1.54, 1.807) is 32.9 Å². The molecule has 0 bridgehead atoms. The van der Waals surface area contributed by atoms with E-state index in [0.29, 0.717) is 6.42 Å². The predicted molar refractivity (Wildman–Crippen MR) is 77.0 cm³/mol. The van der Waals surface area contributed by atoms with Crippen LogP contribution >= 0.6 is 0 Å². The molecule has 1 heterocycles. The van der Waals surface area contributed by atoms with E-state index in [1.165, 1.54) is 0 Å². The fourth-order valence-corrected chi connectivity index (χ4v) is 4.31. The van der Waals surface area contributed by atoms with Crippen molar-refractivity contribution in [2.45, 2.75) is 38.1 Å². The third-order valence-electron chi connectivity index (χ3n) is 3.40. The highest BCUT2D eigenvalue weighted by Gasteiger charge is 2.40. The van der Waals surface area contributed by atoms with Gasteiger partial charge in [-0.05, 0) is 43.5 Å². The van der Waals surface area contributed by atoms with Gasteiger partial charge in [-0.2, -0.15) is 4.31 Å². The molecule has 1 atom stereocenters. The van der Waals surface area contributed by atoms with E-state index in [9.17, 15) is 18.0 Å². The van der Waals surface area contributed by atoms with Crippen LogP contribution in [-0.4, -0.2) is 37.1 Å². The van der Waals surface area contributed by atoms with Crippen molar-refractivity contribution >= 4 is 21.8 Å². The van der Waals surface area contributed by atoms with Crippen molar-refractivity contribution in [3.8, 4) is 0 Å². The molecule has 6 nitrogen and oxygen atoms in total. The van der Waals surface area contributed by atoms with Crippen molar-refractivity contribution in [1.82, 2.24) is 9.62 Å². The van der Waals surface area contributed by atoms with Crippen LogP contribution in [0.5, 0.6) is 0 Å². The zero-order valence-electron chi connectivity index (χ0n) is 12.2. The lowest BCUT2D eigenvalue weighted by Gasteiger charge is -2.32. The molecule has 0 radical (unpaired) electrons. The Labute approximate surface area is 124 Å². The summed E-state index contributed by atoms with van der Waals surface area (Å²) >= 11 is 0. The van der Waals surface area contributed by atoms with Gasteiger partial charge in [0.05, 0.1) is 11.4 Å². The maximum atomic E-state index is 12.7. The van der Waals surface area contributed by atoms with Crippen LogP contribution < -0.4 is 5.32 Å². The highest BCUT2D eigenvalue weighted by molar-refractivity contribution is 7.89. The topological polar surface area (TPSA) is 83.6 Å². The molecule has 0 aliphatic carbocycles. The Morgan fingerprint density at radius 3 is 2.29 bits per heavy atom. The number of carbonyl (C=O) groups excluding carboxylic acids is 2. The largest absolute Gasteiger partial charge is 0.294 e. The first-order valence-corrected chi connectivity index (χ1v) is 8.13. The van der Waals surface area contributed by atoms with Crippen molar-refractivity contribution in [3.63, 3.8) is 0 Å². The van der Waals surface area contributed by atoms with Gasteiger partial charge in [0.2, 0.25) is 21.8 Å². The molecule has 1 aliphatic rings. The maximum absolute atomic E-state index is 12.7. The number of nitrogens with one attached hydrogen (secondary N) is 1. The molecule has 1 aliphatic heterocycles. The predicted octanol–water partition coefficient (Wildman–Crippen LogP) is 0.729. The molecule has 1 N–H and O–H groups in total. The number of nitrogens with zero attached hydrogens (tertiary/aromatic N) is 1. The molecule has 2 rings (SSSR count). The number of hydrogen-bond donors (Lipinski definition) is 1. The second kappa shape index (κ2) is 5.57. The Morgan fingerprint density at radius 1 is 1.19 bits per heavy atom. The molecule has 1 saturated heterocycles. The number of sulfonamides is 1. The lowest BCUT2D eigenvalue weighted by Crippen LogP contribution is -2.59. The fraction of sp³-hybridized carbons (Fsp3) is 0.429. The summed E-state index contributed by atoms with van der Waals surface area (Å²) in [6, 6.07) is 4.11. The van der Waals surface area contributed by atoms with Gasteiger partial charge in [-0.25, -0.2) is 8.42 Å². The van der Waals surface area contributed by atoms with E-state index >= 15 is 0 Å². The van der Waals surface area contributed by atoms with Crippen LogP contribution in [0.4, 0.5) is 0 Å². The minimum Gasteiger partial charge on any atom is -0.294 e. The molecule has 1 aromatic rings. The molecule has 2 amide bonds. The monoisotopic (exact) mass is 310 g/mol. The van der Waals surface area contributed by atoms with E-state index < -0.39 is 27.9 Å². The molecule has 114 valence electrons. The van der Waals surface area contributed by atoms with Crippen molar-refractivity contribution in [3.05, 3.63) is 29.3 Å². The van der Waals surface area contributed by atoms with Gasteiger partial charge in [0.15, 0.2) is 0 Å². The number of carbonyl (C=O) groups is 2. The van der Waals surface area contributed by atoms with Gasteiger partial charge < -0.3 is 0 Å². The lowest BCUT2D eigenvalue weighted by molar-refractivity contribution is -0.137. The molecule has 1 aromatic carbocycles. The normalized spacial score (nSPS) is 20.4. The lowest BCUT2D eigenvalue weighted by atomic mass is 10.2. The summed E-state index contributed by atoms with van der Waals surface area (Å²) in [6.45, 7) is 4.98. The summed E-state index contributed by atoms with van der Waals surface area (Å²) in [7, 11) is -3.88. The van der Waals surface area contributed by atoms with Crippen molar-refractivity contribution < 1.29 is 18.0 Å². The number of piperazine rings is 1. The molecular weight excluding hydrogens is 292 g/mol. The van der Waals surface area contributed by atoms with E-state index in [4.69, 9.17) is 0 Å². The summed E-state index contributed by atoms with van der Waals surface area (Å²) in [5.74, 6) is -1.17. The molecule has 1 unspecified atom stereocenters.